The zero-order valence-electron chi connectivity index (χ0n) is 22.7. The maximum Gasteiger partial charge on any atom is 0.290 e. The number of sulfone groups is 1. The number of aliphatic hydroxyl groups excluding tert-OH is 1. The first-order valence-corrected chi connectivity index (χ1v) is 15.9. The summed E-state index contributed by atoms with van der Waals surface area (Å²) < 4.78 is 34.1. The monoisotopic (exact) mass is 634 g/mol. The van der Waals surface area contributed by atoms with E-state index in [1.54, 1.807) is 23.7 Å². The van der Waals surface area contributed by atoms with Gasteiger partial charge >= 0.3 is 0 Å². The molecule has 3 heterocycles. The van der Waals surface area contributed by atoms with E-state index in [4.69, 9.17) is 31.3 Å². The number of nitrogens with zero attached hydrogens (tertiary/aromatic N) is 2. The molecule has 1 amide bonds. The summed E-state index contributed by atoms with van der Waals surface area (Å²) in [5.74, 6) is -0.427. The van der Waals surface area contributed by atoms with Gasteiger partial charge in [0.2, 0.25) is 5.91 Å². The molecule has 1 saturated heterocycles. The van der Waals surface area contributed by atoms with Gasteiger partial charge in [-0.3, -0.25) is 14.3 Å². The molecule has 0 bridgehead atoms. The lowest BCUT2D eigenvalue weighted by molar-refractivity contribution is -0.126. The second kappa shape index (κ2) is 14.2. The van der Waals surface area contributed by atoms with Crippen molar-refractivity contribution >= 4 is 56.1 Å². The minimum absolute atomic E-state index is 0.110. The number of nitrogens with one attached hydrogen (secondary N) is 2. The van der Waals surface area contributed by atoms with Crippen LogP contribution in [0.2, 0.25) is 4.34 Å². The van der Waals surface area contributed by atoms with Gasteiger partial charge in [-0.2, -0.15) is 5.10 Å². The third-order valence-electron chi connectivity index (χ3n) is 6.54. The molecule has 1 unspecified atom stereocenters. The van der Waals surface area contributed by atoms with Gasteiger partial charge in [-0.05, 0) is 41.8 Å². The molecule has 2 atom stereocenters. The molecule has 0 radical (unpaired) electrons. The molecule has 2 aromatic carbocycles. The van der Waals surface area contributed by atoms with Crippen molar-refractivity contribution in [3.63, 3.8) is 0 Å². The second-order valence-electron chi connectivity index (χ2n) is 9.56. The number of amides is 1. The fourth-order valence-corrected chi connectivity index (χ4v) is 7.53. The standard InChI is InChI=1S/C27H29ClN4O5S2.CH2O2/c1-17(33)20-6-3-7-23-26(20)22(16-39(35,36)25-9-8-24(28)38-25)31-32(23)14-19-5-2-4-18(12-19)13-30-27(34)21-15-37-11-10-29-21;2-1-3/h2-9,12,17,21,29,33H,10-11,13-16H2,1H3,(H,30,34);1H,(H,2,3)/t17?,21-;/m1./s1. The number of morpholine rings is 1. The Morgan fingerprint density at radius 2 is 2.00 bits per heavy atom. The molecule has 5 rings (SSSR count). The molecule has 1 aliphatic rings. The van der Waals surface area contributed by atoms with Crippen LogP contribution in [0.3, 0.4) is 0 Å². The summed E-state index contributed by atoms with van der Waals surface area (Å²) in [6, 6.07) is 16.0. The topological polar surface area (TPSA) is 160 Å². The number of carbonyl (C=O) groups excluding carboxylic acids is 1. The Balaban J connectivity index is 0.00000129. The SMILES string of the molecule is CC(O)c1cccc2c1c(CS(=O)(=O)c1ccc(Cl)s1)nn2Cc1cccc(CNC(=O)[C@H]2COCCN2)c1.O=CO. The summed E-state index contributed by atoms with van der Waals surface area (Å²) in [7, 11) is -3.70. The van der Waals surface area contributed by atoms with Gasteiger partial charge in [-0.1, -0.05) is 48.0 Å². The number of aliphatic hydroxyl groups is 1. The van der Waals surface area contributed by atoms with Gasteiger partial charge in [-0.25, -0.2) is 8.42 Å². The molecule has 4 aromatic rings. The number of halogens is 1. The van der Waals surface area contributed by atoms with Crippen LogP contribution in [-0.2, 0) is 43.0 Å². The summed E-state index contributed by atoms with van der Waals surface area (Å²) in [6.45, 7) is 3.74. The number of fused-ring (bicyclic) bond motifs is 1. The van der Waals surface area contributed by atoms with E-state index in [2.05, 4.69) is 10.6 Å². The fourth-order valence-electron chi connectivity index (χ4n) is 4.68. The zero-order chi connectivity index (χ0) is 30.3. The highest BCUT2D eigenvalue weighted by Gasteiger charge is 2.25. The number of hydrogen-bond donors (Lipinski definition) is 4. The van der Waals surface area contributed by atoms with Gasteiger partial charge in [0.25, 0.3) is 6.47 Å². The summed E-state index contributed by atoms with van der Waals surface area (Å²) in [4.78, 5) is 20.8. The number of ether oxygens (including phenoxy) is 1. The Morgan fingerprint density at radius 3 is 2.67 bits per heavy atom. The highest BCUT2D eigenvalue weighted by Crippen LogP contribution is 2.33. The second-order valence-corrected chi connectivity index (χ2v) is 13.5. The van der Waals surface area contributed by atoms with E-state index >= 15 is 0 Å². The van der Waals surface area contributed by atoms with Crippen molar-refractivity contribution in [3.8, 4) is 0 Å². The van der Waals surface area contributed by atoms with Crippen molar-refractivity contribution in [2.24, 2.45) is 0 Å². The maximum absolute atomic E-state index is 13.2. The normalized spacial score (nSPS) is 15.9. The van der Waals surface area contributed by atoms with Crippen LogP contribution in [-0.4, -0.2) is 66.6 Å². The van der Waals surface area contributed by atoms with Crippen LogP contribution < -0.4 is 10.6 Å². The molecule has 11 nitrogen and oxygen atoms in total. The lowest BCUT2D eigenvalue weighted by Gasteiger charge is -2.22. The van der Waals surface area contributed by atoms with E-state index in [0.29, 0.717) is 53.8 Å². The molecule has 0 aliphatic carbocycles. The largest absolute Gasteiger partial charge is 0.483 e. The van der Waals surface area contributed by atoms with E-state index in [-0.39, 0.29) is 28.4 Å². The molecule has 1 aliphatic heterocycles. The number of carbonyl (C=O) groups is 2. The van der Waals surface area contributed by atoms with Crippen molar-refractivity contribution in [3.05, 3.63) is 81.3 Å². The quantitative estimate of drug-likeness (QED) is 0.203. The van der Waals surface area contributed by atoms with Crippen LogP contribution >= 0.6 is 22.9 Å². The Hall–Kier alpha value is -3.33. The zero-order valence-corrected chi connectivity index (χ0v) is 25.1. The molecule has 14 heteroatoms. The van der Waals surface area contributed by atoms with Crippen LogP contribution in [0.4, 0.5) is 0 Å². The average molecular weight is 635 g/mol. The molecule has 1 fully saturated rings. The van der Waals surface area contributed by atoms with Crippen LogP contribution in [0.1, 0.15) is 35.4 Å². The number of benzene rings is 2. The van der Waals surface area contributed by atoms with Crippen molar-refractivity contribution in [1.82, 2.24) is 20.4 Å². The van der Waals surface area contributed by atoms with Gasteiger partial charge in [-0.15, -0.1) is 11.3 Å². The molecule has 4 N–H and O–H groups in total. The first kappa shape index (κ1) is 31.6. The number of carboxylic acid groups (broad SMARTS) is 1. The first-order chi connectivity index (χ1) is 20.1. The van der Waals surface area contributed by atoms with Crippen molar-refractivity contribution < 1.29 is 33.0 Å². The third kappa shape index (κ3) is 7.73. The first-order valence-electron chi connectivity index (χ1n) is 13.0. The summed E-state index contributed by atoms with van der Waals surface area (Å²) >= 11 is 7.00. The van der Waals surface area contributed by atoms with Crippen LogP contribution in [0.5, 0.6) is 0 Å². The summed E-state index contributed by atoms with van der Waals surface area (Å²) in [5.41, 5.74) is 3.58. The number of thiophene rings is 1. The highest BCUT2D eigenvalue weighted by atomic mass is 35.5. The van der Waals surface area contributed by atoms with Crippen molar-refractivity contribution in [2.45, 2.75) is 42.1 Å². The van der Waals surface area contributed by atoms with Crippen molar-refractivity contribution in [2.75, 3.05) is 19.8 Å². The van der Waals surface area contributed by atoms with Gasteiger partial charge in [0, 0.05) is 18.5 Å². The minimum atomic E-state index is -3.70. The van der Waals surface area contributed by atoms with Crippen LogP contribution in [0, 0.1) is 0 Å². The molecule has 0 spiro atoms. The smallest absolute Gasteiger partial charge is 0.290 e. The number of aromatic nitrogens is 2. The maximum atomic E-state index is 13.2. The predicted molar refractivity (Wildman–Crippen MR) is 159 cm³/mol. The highest BCUT2D eigenvalue weighted by molar-refractivity contribution is 7.92. The molecular formula is C28H31ClN4O7S2. The van der Waals surface area contributed by atoms with Gasteiger partial charge in [0.05, 0.1) is 41.4 Å². The number of rotatable bonds is 9. The molecule has 42 heavy (non-hydrogen) atoms. The van der Waals surface area contributed by atoms with Crippen LogP contribution in [0.25, 0.3) is 10.9 Å². The Kier molecular flexibility index (Phi) is 10.7. The van der Waals surface area contributed by atoms with Gasteiger partial charge in [0.1, 0.15) is 16.0 Å². The molecule has 2 aromatic heterocycles. The summed E-state index contributed by atoms with van der Waals surface area (Å²) in [5, 5.41) is 28.8. The van der Waals surface area contributed by atoms with E-state index in [0.717, 1.165) is 28.0 Å². The minimum Gasteiger partial charge on any atom is -0.483 e. The Morgan fingerprint density at radius 1 is 1.26 bits per heavy atom. The van der Waals surface area contributed by atoms with E-state index in [1.807, 2.05) is 36.4 Å². The third-order valence-corrected chi connectivity index (χ3v) is 9.98. The number of hydrogen-bond acceptors (Lipinski definition) is 9. The fraction of sp³-hybridized carbons (Fsp3) is 0.321. The molecular weight excluding hydrogens is 604 g/mol. The summed E-state index contributed by atoms with van der Waals surface area (Å²) in [6.07, 6.45) is -0.806. The van der Waals surface area contributed by atoms with Crippen molar-refractivity contribution in [1.29, 1.82) is 0 Å². The Bertz CT molecular complexity index is 1650. The van der Waals surface area contributed by atoms with Gasteiger partial charge < -0.3 is 25.6 Å². The van der Waals surface area contributed by atoms with Crippen LogP contribution in [0.15, 0.2) is 58.8 Å². The van der Waals surface area contributed by atoms with E-state index in [9.17, 15) is 18.3 Å². The predicted octanol–water partition coefficient (Wildman–Crippen LogP) is 3.13. The lowest BCUT2D eigenvalue weighted by Crippen LogP contribution is -2.51. The Labute approximate surface area is 252 Å². The van der Waals surface area contributed by atoms with Gasteiger partial charge in [0.15, 0.2) is 9.84 Å². The average Bonchev–Trinajstić information content (AvgIpc) is 3.56. The lowest BCUT2D eigenvalue weighted by atomic mass is 10.0. The molecule has 224 valence electrons. The van der Waals surface area contributed by atoms with E-state index in [1.165, 1.54) is 6.07 Å². The molecule has 0 saturated carbocycles. The van der Waals surface area contributed by atoms with E-state index < -0.39 is 15.9 Å².